The fraction of sp³-hybridized carbons (Fsp3) is 0.105. The van der Waals surface area contributed by atoms with Crippen LogP contribution in [0.2, 0.25) is 0 Å². The van der Waals surface area contributed by atoms with E-state index < -0.39 is 5.97 Å². The van der Waals surface area contributed by atoms with Crippen molar-refractivity contribution >= 4 is 27.5 Å². The summed E-state index contributed by atoms with van der Waals surface area (Å²) in [6, 6.07) is 15.1. The van der Waals surface area contributed by atoms with Gasteiger partial charge in [-0.1, -0.05) is 30.8 Å². The maximum absolute atomic E-state index is 10.9. The second-order valence-electron chi connectivity index (χ2n) is 5.07. The molecule has 0 aliphatic heterocycles. The van der Waals surface area contributed by atoms with Gasteiger partial charge in [0.15, 0.2) is 0 Å². The van der Waals surface area contributed by atoms with Crippen LogP contribution in [0.1, 0.15) is 0 Å². The highest BCUT2D eigenvalue weighted by Crippen LogP contribution is 2.30. The number of ether oxygens (including phenoxy) is 2. The zero-order chi connectivity index (χ0) is 16.2. The fourth-order valence-electron chi connectivity index (χ4n) is 2.49. The Kier molecular flexibility index (Phi) is 4.15. The van der Waals surface area contributed by atoms with Crippen LogP contribution < -0.4 is 4.74 Å². The number of carbonyl (C=O) groups excluding carboxylic acids is 1. The van der Waals surface area contributed by atoms with Gasteiger partial charge in [-0.2, -0.15) is 0 Å². The number of phenols is 1. The van der Waals surface area contributed by atoms with Crippen molar-refractivity contribution in [1.82, 2.24) is 0 Å². The van der Waals surface area contributed by atoms with Gasteiger partial charge in [-0.15, -0.1) is 0 Å². The van der Waals surface area contributed by atoms with Crippen molar-refractivity contribution < 1.29 is 19.4 Å². The number of benzene rings is 3. The quantitative estimate of drug-likeness (QED) is 0.337. The molecule has 0 fully saturated rings. The zero-order valence-corrected chi connectivity index (χ0v) is 12.5. The summed E-state index contributed by atoms with van der Waals surface area (Å²) >= 11 is 0. The van der Waals surface area contributed by atoms with Crippen LogP contribution in [0.3, 0.4) is 0 Å². The summed E-state index contributed by atoms with van der Waals surface area (Å²) in [6.07, 6.45) is 1.12. The molecule has 0 bridgehead atoms. The summed E-state index contributed by atoms with van der Waals surface area (Å²) in [5.41, 5.74) is 0. The molecule has 0 aromatic heterocycles. The highest BCUT2D eigenvalue weighted by molar-refractivity contribution is 6.08. The Bertz CT molecular complexity index is 883. The molecule has 0 aliphatic carbocycles. The fourth-order valence-corrected chi connectivity index (χ4v) is 2.49. The molecule has 3 rings (SSSR count). The number of rotatable bonds is 5. The third kappa shape index (κ3) is 3.26. The largest absolute Gasteiger partial charge is 0.508 e. The molecule has 3 aromatic carbocycles. The van der Waals surface area contributed by atoms with Gasteiger partial charge in [-0.05, 0) is 45.8 Å². The number of hydrogen-bond acceptors (Lipinski definition) is 4. The molecule has 0 radical (unpaired) electrons. The SMILES string of the molecule is C=CC(=O)OCCOc1ccc2c(ccc3cc(O)ccc32)c1. The average molecular weight is 308 g/mol. The van der Waals surface area contributed by atoms with Gasteiger partial charge >= 0.3 is 5.97 Å². The molecule has 4 nitrogen and oxygen atoms in total. The Labute approximate surface area is 133 Å². The number of fused-ring (bicyclic) bond motifs is 3. The number of esters is 1. The lowest BCUT2D eigenvalue weighted by Crippen LogP contribution is -2.10. The zero-order valence-electron chi connectivity index (χ0n) is 12.5. The van der Waals surface area contributed by atoms with E-state index >= 15 is 0 Å². The van der Waals surface area contributed by atoms with Crippen molar-refractivity contribution in [3.63, 3.8) is 0 Å². The number of aromatic hydroxyl groups is 1. The average Bonchev–Trinajstić information content (AvgIpc) is 2.57. The van der Waals surface area contributed by atoms with Crippen molar-refractivity contribution in [1.29, 1.82) is 0 Å². The molecule has 1 N–H and O–H groups in total. The van der Waals surface area contributed by atoms with Crippen molar-refractivity contribution in [3.05, 3.63) is 61.2 Å². The van der Waals surface area contributed by atoms with E-state index in [4.69, 9.17) is 9.47 Å². The lowest BCUT2D eigenvalue weighted by molar-refractivity contribution is -0.138. The number of hydrogen-bond donors (Lipinski definition) is 1. The normalized spacial score (nSPS) is 10.6. The lowest BCUT2D eigenvalue weighted by atomic mass is 10.0. The van der Waals surface area contributed by atoms with Crippen LogP contribution in [-0.4, -0.2) is 24.3 Å². The van der Waals surface area contributed by atoms with Crippen molar-refractivity contribution in [2.75, 3.05) is 13.2 Å². The van der Waals surface area contributed by atoms with Crippen molar-refractivity contribution in [3.8, 4) is 11.5 Å². The molecule has 0 saturated carbocycles. The second kappa shape index (κ2) is 6.40. The minimum absolute atomic E-state index is 0.180. The molecular weight excluding hydrogens is 292 g/mol. The van der Waals surface area contributed by atoms with Crippen LogP contribution in [-0.2, 0) is 9.53 Å². The van der Waals surface area contributed by atoms with Gasteiger partial charge in [-0.25, -0.2) is 4.79 Å². The number of carbonyl (C=O) groups is 1. The van der Waals surface area contributed by atoms with E-state index in [-0.39, 0.29) is 19.0 Å². The summed E-state index contributed by atoms with van der Waals surface area (Å²) in [6.45, 7) is 3.80. The van der Waals surface area contributed by atoms with Gasteiger partial charge in [0.25, 0.3) is 0 Å². The molecule has 0 unspecified atom stereocenters. The van der Waals surface area contributed by atoms with E-state index in [1.807, 2.05) is 36.4 Å². The van der Waals surface area contributed by atoms with Gasteiger partial charge in [0, 0.05) is 6.08 Å². The smallest absolute Gasteiger partial charge is 0.330 e. The summed E-state index contributed by atoms with van der Waals surface area (Å²) in [5, 5.41) is 13.8. The summed E-state index contributed by atoms with van der Waals surface area (Å²) in [4.78, 5) is 10.9. The van der Waals surface area contributed by atoms with Crippen LogP contribution in [0.4, 0.5) is 0 Å². The maximum Gasteiger partial charge on any atom is 0.330 e. The maximum atomic E-state index is 10.9. The highest BCUT2D eigenvalue weighted by Gasteiger charge is 2.04. The first-order valence-electron chi connectivity index (χ1n) is 7.25. The van der Waals surface area contributed by atoms with E-state index in [9.17, 15) is 9.90 Å². The van der Waals surface area contributed by atoms with E-state index in [1.165, 1.54) is 0 Å². The van der Waals surface area contributed by atoms with E-state index in [0.29, 0.717) is 5.75 Å². The Morgan fingerprint density at radius 3 is 2.43 bits per heavy atom. The Morgan fingerprint density at radius 2 is 1.70 bits per heavy atom. The molecule has 4 heteroatoms. The third-order valence-corrected chi connectivity index (χ3v) is 3.55. The van der Waals surface area contributed by atoms with E-state index in [0.717, 1.165) is 27.6 Å². The van der Waals surface area contributed by atoms with Crippen LogP contribution in [0, 0.1) is 0 Å². The van der Waals surface area contributed by atoms with Crippen molar-refractivity contribution in [2.45, 2.75) is 0 Å². The molecular formula is C19H16O4. The monoisotopic (exact) mass is 308 g/mol. The van der Waals surface area contributed by atoms with Gasteiger partial charge in [-0.3, -0.25) is 0 Å². The van der Waals surface area contributed by atoms with Crippen LogP contribution in [0.25, 0.3) is 21.5 Å². The lowest BCUT2D eigenvalue weighted by Gasteiger charge is -2.09. The van der Waals surface area contributed by atoms with Crippen molar-refractivity contribution in [2.24, 2.45) is 0 Å². The third-order valence-electron chi connectivity index (χ3n) is 3.55. The summed E-state index contributed by atoms with van der Waals surface area (Å²) in [5.74, 6) is 0.512. The minimum Gasteiger partial charge on any atom is -0.508 e. The van der Waals surface area contributed by atoms with Crippen LogP contribution in [0.15, 0.2) is 61.2 Å². The van der Waals surface area contributed by atoms with Crippen LogP contribution >= 0.6 is 0 Å². The molecule has 3 aromatic rings. The molecule has 0 saturated heterocycles. The Morgan fingerprint density at radius 1 is 1.00 bits per heavy atom. The van der Waals surface area contributed by atoms with Crippen LogP contribution in [0.5, 0.6) is 11.5 Å². The Balaban J connectivity index is 1.79. The van der Waals surface area contributed by atoms with Gasteiger partial charge in [0.2, 0.25) is 0 Å². The first-order chi connectivity index (χ1) is 11.2. The molecule has 0 amide bonds. The van der Waals surface area contributed by atoms with E-state index in [1.54, 1.807) is 12.1 Å². The Hall–Kier alpha value is -3.01. The first kappa shape index (κ1) is 14.9. The van der Waals surface area contributed by atoms with E-state index in [2.05, 4.69) is 6.58 Å². The molecule has 23 heavy (non-hydrogen) atoms. The summed E-state index contributed by atoms with van der Waals surface area (Å²) in [7, 11) is 0. The topological polar surface area (TPSA) is 55.8 Å². The predicted molar refractivity (Wildman–Crippen MR) is 89.8 cm³/mol. The molecule has 0 aliphatic rings. The van der Waals surface area contributed by atoms with Gasteiger partial charge in [0.1, 0.15) is 24.7 Å². The first-order valence-corrected chi connectivity index (χ1v) is 7.25. The molecule has 116 valence electrons. The minimum atomic E-state index is -0.457. The molecule has 0 atom stereocenters. The number of phenolic OH excluding ortho intramolecular Hbond substituents is 1. The van der Waals surface area contributed by atoms with Gasteiger partial charge < -0.3 is 14.6 Å². The van der Waals surface area contributed by atoms with Gasteiger partial charge in [0.05, 0.1) is 0 Å². The highest BCUT2D eigenvalue weighted by atomic mass is 16.6. The second-order valence-corrected chi connectivity index (χ2v) is 5.07. The standard InChI is InChI=1S/C19H16O4/c1-2-19(21)23-10-9-22-16-6-8-18-14(12-16)4-3-13-11-15(20)5-7-17(13)18/h2-8,11-12,20H,1,9-10H2. The molecule has 0 heterocycles. The summed E-state index contributed by atoms with van der Waals surface area (Å²) < 4.78 is 10.5. The predicted octanol–water partition coefficient (Wildman–Crippen LogP) is 3.81. The molecule has 0 spiro atoms.